The lowest BCUT2D eigenvalue weighted by atomic mass is 9.93. The molecule has 104 valence electrons. The molecule has 1 N–H and O–H groups in total. The molecule has 0 aromatic rings. The van der Waals surface area contributed by atoms with Gasteiger partial charge in [0.1, 0.15) is 0 Å². The van der Waals surface area contributed by atoms with Crippen LogP contribution in [0.5, 0.6) is 0 Å². The van der Waals surface area contributed by atoms with Gasteiger partial charge in [0.2, 0.25) is 0 Å². The molecule has 1 aliphatic heterocycles. The van der Waals surface area contributed by atoms with Crippen molar-refractivity contribution in [2.45, 2.75) is 44.3 Å². The first-order valence-corrected chi connectivity index (χ1v) is 6.43. The molecule has 3 nitrogen and oxygen atoms in total. The van der Waals surface area contributed by atoms with Crippen molar-refractivity contribution in [2.24, 2.45) is 11.8 Å². The zero-order valence-corrected chi connectivity index (χ0v) is 10.1. The Hall–Kier alpha value is -0.780. The van der Waals surface area contributed by atoms with E-state index in [9.17, 15) is 18.0 Å². The van der Waals surface area contributed by atoms with E-state index >= 15 is 0 Å². The first-order chi connectivity index (χ1) is 8.39. The summed E-state index contributed by atoms with van der Waals surface area (Å²) in [6.45, 7) is 0.568. The Morgan fingerprint density at radius 1 is 1.17 bits per heavy atom. The van der Waals surface area contributed by atoms with E-state index in [0.717, 1.165) is 6.42 Å². The maximum atomic E-state index is 12.7. The first-order valence-electron chi connectivity index (χ1n) is 6.43. The van der Waals surface area contributed by atoms with Crippen molar-refractivity contribution < 1.29 is 23.1 Å². The number of hydrogen-bond donors (Lipinski definition) is 1. The summed E-state index contributed by atoms with van der Waals surface area (Å²) in [5, 5.41) is 9.09. The molecule has 0 bridgehead atoms. The van der Waals surface area contributed by atoms with Crippen molar-refractivity contribution in [1.29, 1.82) is 0 Å². The highest BCUT2D eigenvalue weighted by Gasteiger charge is 2.45. The second kappa shape index (κ2) is 5.07. The van der Waals surface area contributed by atoms with Crippen LogP contribution in [0.3, 0.4) is 0 Å². The highest BCUT2D eigenvalue weighted by atomic mass is 19.4. The van der Waals surface area contributed by atoms with E-state index in [-0.39, 0.29) is 19.0 Å². The number of hydrogen-bond acceptors (Lipinski definition) is 2. The molecule has 3 atom stereocenters. The van der Waals surface area contributed by atoms with Gasteiger partial charge in [0.25, 0.3) is 0 Å². The monoisotopic (exact) mass is 265 g/mol. The Bertz CT molecular complexity index is 319. The predicted octanol–water partition coefficient (Wildman–Crippen LogP) is 2.51. The van der Waals surface area contributed by atoms with Crippen LogP contribution in [0, 0.1) is 11.8 Å². The SMILES string of the molecule is O=C(O)C1CCCC1N1CCCC(C(F)(F)F)C1. The Labute approximate surface area is 104 Å². The number of halogens is 3. The molecule has 1 saturated heterocycles. The molecular formula is C12H18F3NO2. The van der Waals surface area contributed by atoms with E-state index in [1.165, 1.54) is 0 Å². The topological polar surface area (TPSA) is 40.5 Å². The molecule has 0 amide bonds. The average Bonchev–Trinajstić information content (AvgIpc) is 2.77. The van der Waals surface area contributed by atoms with E-state index < -0.39 is 24.0 Å². The third-order valence-electron chi connectivity index (χ3n) is 4.18. The molecule has 0 radical (unpaired) electrons. The van der Waals surface area contributed by atoms with Gasteiger partial charge in [0.05, 0.1) is 11.8 Å². The summed E-state index contributed by atoms with van der Waals surface area (Å²) < 4.78 is 38.1. The smallest absolute Gasteiger partial charge is 0.393 e. The second-order valence-electron chi connectivity index (χ2n) is 5.32. The van der Waals surface area contributed by atoms with Gasteiger partial charge in [0.15, 0.2) is 0 Å². The lowest BCUT2D eigenvalue weighted by Gasteiger charge is -2.38. The van der Waals surface area contributed by atoms with Crippen LogP contribution in [-0.4, -0.2) is 41.3 Å². The molecule has 2 rings (SSSR count). The van der Waals surface area contributed by atoms with Crippen molar-refractivity contribution in [1.82, 2.24) is 4.90 Å². The van der Waals surface area contributed by atoms with E-state index in [2.05, 4.69) is 0 Å². The summed E-state index contributed by atoms with van der Waals surface area (Å²) in [6, 6.07) is -0.201. The Morgan fingerprint density at radius 3 is 2.50 bits per heavy atom. The van der Waals surface area contributed by atoms with E-state index in [1.807, 2.05) is 0 Å². The van der Waals surface area contributed by atoms with E-state index in [1.54, 1.807) is 4.90 Å². The number of carboxylic acid groups (broad SMARTS) is 1. The molecule has 2 aliphatic rings. The number of piperidine rings is 1. The number of carbonyl (C=O) groups is 1. The van der Waals surface area contributed by atoms with Gasteiger partial charge in [-0.3, -0.25) is 9.69 Å². The predicted molar refractivity (Wildman–Crippen MR) is 59.1 cm³/mol. The zero-order chi connectivity index (χ0) is 13.3. The summed E-state index contributed by atoms with van der Waals surface area (Å²) in [6.07, 6.45) is -1.38. The fourth-order valence-corrected chi connectivity index (χ4v) is 3.24. The standard InChI is InChI=1S/C12H18F3NO2/c13-12(14,15)8-3-2-6-16(7-8)10-5-1-4-9(10)11(17)18/h8-10H,1-7H2,(H,17,18). The maximum Gasteiger partial charge on any atom is 0.393 e. The number of likely N-dealkylation sites (tertiary alicyclic amines) is 1. The van der Waals surface area contributed by atoms with Crippen LogP contribution in [0.4, 0.5) is 13.2 Å². The van der Waals surface area contributed by atoms with Crippen molar-refractivity contribution in [2.75, 3.05) is 13.1 Å². The van der Waals surface area contributed by atoms with Crippen LogP contribution in [0.2, 0.25) is 0 Å². The number of aliphatic carboxylic acids is 1. The van der Waals surface area contributed by atoms with Gasteiger partial charge in [-0.15, -0.1) is 0 Å². The lowest BCUT2D eigenvalue weighted by Crippen LogP contribution is -2.48. The molecule has 3 unspecified atom stereocenters. The van der Waals surface area contributed by atoms with Gasteiger partial charge in [-0.25, -0.2) is 0 Å². The highest BCUT2D eigenvalue weighted by Crippen LogP contribution is 2.37. The van der Waals surface area contributed by atoms with Crippen LogP contribution < -0.4 is 0 Å². The van der Waals surface area contributed by atoms with Gasteiger partial charge >= 0.3 is 12.1 Å². The first kappa shape index (κ1) is 13.6. The number of rotatable bonds is 2. The number of alkyl halides is 3. The third kappa shape index (κ3) is 2.79. The molecule has 1 heterocycles. The largest absolute Gasteiger partial charge is 0.481 e. The minimum atomic E-state index is -4.16. The van der Waals surface area contributed by atoms with Gasteiger partial charge in [-0.1, -0.05) is 6.42 Å². The summed E-state index contributed by atoms with van der Waals surface area (Å²) >= 11 is 0. The van der Waals surface area contributed by atoms with Crippen LogP contribution >= 0.6 is 0 Å². The molecule has 6 heteroatoms. The molecule has 0 aromatic heterocycles. The molecule has 0 spiro atoms. The summed E-state index contributed by atoms with van der Waals surface area (Å²) in [5.41, 5.74) is 0. The lowest BCUT2D eigenvalue weighted by molar-refractivity contribution is -0.189. The van der Waals surface area contributed by atoms with Crippen LogP contribution in [0.1, 0.15) is 32.1 Å². The Morgan fingerprint density at radius 2 is 1.89 bits per heavy atom. The number of carboxylic acids is 1. The van der Waals surface area contributed by atoms with Crippen LogP contribution in [0.25, 0.3) is 0 Å². The summed E-state index contributed by atoms with van der Waals surface area (Å²) in [7, 11) is 0. The zero-order valence-electron chi connectivity index (χ0n) is 10.1. The van der Waals surface area contributed by atoms with Crippen molar-refractivity contribution in [3.8, 4) is 0 Å². The van der Waals surface area contributed by atoms with Gasteiger partial charge in [0, 0.05) is 12.6 Å². The fraction of sp³-hybridized carbons (Fsp3) is 0.917. The minimum absolute atomic E-state index is 0.0298. The van der Waals surface area contributed by atoms with Crippen molar-refractivity contribution >= 4 is 5.97 Å². The molecule has 2 fully saturated rings. The fourth-order valence-electron chi connectivity index (χ4n) is 3.24. The molecular weight excluding hydrogens is 247 g/mol. The van der Waals surface area contributed by atoms with Crippen molar-refractivity contribution in [3.05, 3.63) is 0 Å². The van der Waals surface area contributed by atoms with Gasteiger partial charge in [-0.2, -0.15) is 13.2 Å². The molecule has 1 saturated carbocycles. The Kier molecular flexibility index (Phi) is 3.84. The van der Waals surface area contributed by atoms with E-state index in [4.69, 9.17) is 5.11 Å². The average molecular weight is 265 g/mol. The third-order valence-corrected chi connectivity index (χ3v) is 4.18. The maximum absolute atomic E-state index is 12.7. The molecule has 0 aromatic carbocycles. The second-order valence-corrected chi connectivity index (χ2v) is 5.32. The summed E-state index contributed by atoms with van der Waals surface area (Å²) in [4.78, 5) is 12.8. The summed E-state index contributed by atoms with van der Waals surface area (Å²) in [5.74, 6) is -2.65. The number of nitrogens with zero attached hydrogens (tertiary/aromatic N) is 1. The van der Waals surface area contributed by atoms with Crippen LogP contribution in [-0.2, 0) is 4.79 Å². The molecule has 1 aliphatic carbocycles. The Balaban J connectivity index is 2.02. The normalized spacial score (nSPS) is 34.7. The van der Waals surface area contributed by atoms with Gasteiger partial charge < -0.3 is 5.11 Å². The van der Waals surface area contributed by atoms with Gasteiger partial charge in [-0.05, 0) is 32.2 Å². The quantitative estimate of drug-likeness (QED) is 0.834. The highest BCUT2D eigenvalue weighted by molar-refractivity contribution is 5.71. The van der Waals surface area contributed by atoms with E-state index in [0.29, 0.717) is 25.8 Å². The van der Waals surface area contributed by atoms with Crippen molar-refractivity contribution in [3.63, 3.8) is 0 Å². The molecule has 18 heavy (non-hydrogen) atoms. The minimum Gasteiger partial charge on any atom is -0.481 e. The van der Waals surface area contributed by atoms with Crippen LogP contribution in [0.15, 0.2) is 0 Å².